The number of rotatable bonds is 3. The summed E-state index contributed by atoms with van der Waals surface area (Å²) in [6, 6.07) is 8.30. The third kappa shape index (κ3) is 3.32. The average molecular weight is 297 g/mol. The Morgan fingerprint density at radius 1 is 1.35 bits per heavy atom. The first kappa shape index (κ1) is 12.6. The van der Waals surface area contributed by atoms with E-state index in [0.717, 1.165) is 17.3 Å². The van der Waals surface area contributed by atoms with Crippen LogP contribution in [0.2, 0.25) is 0 Å². The average Bonchev–Trinajstić information content (AvgIpc) is 2.29. The molecule has 3 heteroatoms. The fraction of sp³-hybridized carbons (Fsp3) is 0.500. The first-order valence-electron chi connectivity index (χ1n) is 6.14. The highest BCUT2D eigenvalue weighted by Gasteiger charge is 2.28. The zero-order valence-corrected chi connectivity index (χ0v) is 11.3. The normalized spacial score (nSPS) is 24.5. The van der Waals surface area contributed by atoms with Crippen molar-refractivity contribution in [3.63, 3.8) is 0 Å². The molecule has 0 spiro atoms. The van der Waals surface area contributed by atoms with Crippen LogP contribution in [0.3, 0.4) is 0 Å². The van der Waals surface area contributed by atoms with E-state index >= 15 is 0 Å². The number of hydrogen-bond donors (Lipinski definition) is 1. The van der Waals surface area contributed by atoms with Gasteiger partial charge in [0.1, 0.15) is 0 Å². The van der Waals surface area contributed by atoms with Crippen LogP contribution in [0.25, 0.3) is 0 Å². The van der Waals surface area contributed by atoms with Gasteiger partial charge >= 0.3 is 5.97 Å². The van der Waals surface area contributed by atoms with Crippen molar-refractivity contribution in [2.45, 2.75) is 38.0 Å². The molecular weight excluding hydrogens is 280 g/mol. The van der Waals surface area contributed by atoms with E-state index in [1.807, 2.05) is 12.1 Å². The molecule has 2 unspecified atom stereocenters. The monoisotopic (exact) mass is 296 g/mol. The van der Waals surface area contributed by atoms with E-state index in [2.05, 4.69) is 28.1 Å². The summed E-state index contributed by atoms with van der Waals surface area (Å²) in [7, 11) is 0. The van der Waals surface area contributed by atoms with Gasteiger partial charge in [-0.2, -0.15) is 0 Å². The Labute approximate surface area is 110 Å². The van der Waals surface area contributed by atoms with Crippen LogP contribution >= 0.6 is 15.9 Å². The molecule has 1 N–H and O–H groups in total. The second-order valence-electron chi connectivity index (χ2n) is 4.80. The summed E-state index contributed by atoms with van der Waals surface area (Å²) in [5.74, 6) is 0.0461. The van der Waals surface area contributed by atoms with Gasteiger partial charge in [-0.05, 0) is 42.4 Å². The van der Waals surface area contributed by atoms with Crippen LogP contribution in [0.1, 0.15) is 43.6 Å². The number of carbonyl (C=O) groups is 1. The third-order valence-electron chi connectivity index (χ3n) is 3.62. The molecule has 0 heterocycles. The molecule has 92 valence electrons. The van der Waals surface area contributed by atoms with E-state index in [4.69, 9.17) is 5.11 Å². The molecule has 2 nitrogen and oxygen atoms in total. The second kappa shape index (κ2) is 5.67. The molecule has 1 saturated carbocycles. The first-order chi connectivity index (χ1) is 8.16. The molecule has 2 atom stereocenters. The number of carboxylic acids is 1. The molecular formula is C14H17BrO2. The molecule has 1 aliphatic carbocycles. The van der Waals surface area contributed by atoms with Crippen LogP contribution in [0, 0.1) is 5.92 Å². The maximum atomic E-state index is 10.9. The van der Waals surface area contributed by atoms with Gasteiger partial charge < -0.3 is 5.11 Å². The molecule has 0 saturated heterocycles. The van der Waals surface area contributed by atoms with Gasteiger partial charge in [-0.15, -0.1) is 0 Å². The van der Waals surface area contributed by atoms with Gasteiger partial charge in [0.15, 0.2) is 0 Å². The van der Waals surface area contributed by atoms with Gasteiger partial charge in [0.05, 0.1) is 0 Å². The Balaban J connectivity index is 2.18. The zero-order chi connectivity index (χ0) is 12.3. The van der Waals surface area contributed by atoms with Gasteiger partial charge in [-0.3, -0.25) is 4.79 Å². The summed E-state index contributed by atoms with van der Waals surface area (Å²) < 4.78 is 1.08. The maximum Gasteiger partial charge on any atom is 0.303 e. The molecule has 0 aromatic heterocycles. The minimum atomic E-state index is -0.670. The number of halogens is 1. The summed E-state index contributed by atoms with van der Waals surface area (Å²) in [4.78, 5) is 10.9. The highest BCUT2D eigenvalue weighted by Crippen LogP contribution is 2.40. The van der Waals surface area contributed by atoms with Gasteiger partial charge in [-0.1, -0.05) is 40.9 Å². The molecule has 0 radical (unpaired) electrons. The Bertz CT molecular complexity index is 403. The molecule has 17 heavy (non-hydrogen) atoms. The predicted octanol–water partition coefficient (Wildman–Crippen LogP) is 4.20. The van der Waals surface area contributed by atoms with E-state index in [0.29, 0.717) is 18.3 Å². The van der Waals surface area contributed by atoms with Gasteiger partial charge in [0.25, 0.3) is 0 Å². The number of benzene rings is 1. The summed E-state index contributed by atoms with van der Waals surface area (Å²) in [5, 5.41) is 8.98. The molecule has 1 fully saturated rings. The summed E-state index contributed by atoms with van der Waals surface area (Å²) in [6.45, 7) is 0. The van der Waals surface area contributed by atoms with Crippen molar-refractivity contribution in [1.82, 2.24) is 0 Å². The van der Waals surface area contributed by atoms with Gasteiger partial charge in [0, 0.05) is 10.9 Å². The number of carboxylic acid groups (broad SMARTS) is 1. The van der Waals surface area contributed by atoms with E-state index in [1.54, 1.807) is 0 Å². The van der Waals surface area contributed by atoms with Crippen molar-refractivity contribution in [3.8, 4) is 0 Å². The van der Waals surface area contributed by atoms with Crippen molar-refractivity contribution in [3.05, 3.63) is 34.3 Å². The minimum Gasteiger partial charge on any atom is -0.481 e. The first-order valence-corrected chi connectivity index (χ1v) is 6.93. The Hall–Kier alpha value is -0.830. The van der Waals surface area contributed by atoms with E-state index in [1.165, 1.54) is 18.4 Å². The molecule has 1 aliphatic rings. The van der Waals surface area contributed by atoms with Crippen LogP contribution < -0.4 is 0 Å². The van der Waals surface area contributed by atoms with Gasteiger partial charge in [-0.25, -0.2) is 0 Å². The quantitative estimate of drug-likeness (QED) is 0.908. The van der Waals surface area contributed by atoms with E-state index < -0.39 is 5.97 Å². The summed E-state index contributed by atoms with van der Waals surface area (Å²) in [6.07, 6.45) is 4.85. The standard InChI is InChI=1S/C14H17BrO2/c15-12-6-3-5-10(8-12)13-7-2-1-4-11(13)9-14(16)17/h3,5-6,8,11,13H,1-2,4,7,9H2,(H,16,17). The molecule has 0 aliphatic heterocycles. The fourth-order valence-electron chi connectivity index (χ4n) is 2.85. The number of aliphatic carboxylic acids is 1. The van der Waals surface area contributed by atoms with E-state index in [-0.39, 0.29) is 0 Å². The van der Waals surface area contributed by atoms with Crippen LogP contribution in [0.5, 0.6) is 0 Å². The Kier molecular flexibility index (Phi) is 4.21. The van der Waals surface area contributed by atoms with Crippen molar-refractivity contribution in [1.29, 1.82) is 0 Å². The lowest BCUT2D eigenvalue weighted by Crippen LogP contribution is -2.20. The minimum absolute atomic E-state index is 0.301. The molecule has 1 aromatic rings. The van der Waals surface area contributed by atoms with Crippen molar-refractivity contribution in [2.24, 2.45) is 5.92 Å². The summed E-state index contributed by atoms with van der Waals surface area (Å²) >= 11 is 3.48. The van der Waals surface area contributed by atoms with Crippen LogP contribution in [0.4, 0.5) is 0 Å². The van der Waals surface area contributed by atoms with Crippen LogP contribution in [0.15, 0.2) is 28.7 Å². The summed E-state index contributed by atoms with van der Waals surface area (Å²) in [5.41, 5.74) is 1.28. The van der Waals surface area contributed by atoms with Gasteiger partial charge in [0.2, 0.25) is 0 Å². The highest BCUT2D eigenvalue weighted by molar-refractivity contribution is 9.10. The second-order valence-corrected chi connectivity index (χ2v) is 5.72. The molecule has 1 aromatic carbocycles. The lowest BCUT2D eigenvalue weighted by atomic mass is 9.74. The third-order valence-corrected chi connectivity index (χ3v) is 4.12. The predicted molar refractivity (Wildman–Crippen MR) is 71.1 cm³/mol. The zero-order valence-electron chi connectivity index (χ0n) is 9.73. The van der Waals surface area contributed by atoms with Crippen LogP contribution in [-0.2, 0) is 4.79 Å². The fourth-order valence-corrected chi connectivity index (χ4v) is 3.27. The molecule has 0 amide bonds. The molecule has 0 bridgehead atoms. The van der Waals surface area contributed by atoms with Crippen molar-refractivity contribution < 1.29 is 9.90 Å². The highest BCUT2D eigenvalue weighted by atomic mass is 79.9. The molecule has 2 rings (SSSR count). The lowest BCUT2D eigenvalue weighted by Gasteiger charge is -2.31. The number of hydrogen-bond acceptors (Lipinski definition) is 1. The van der Waals surface area contributed by atoms with E-state index in [9.17, 15) is 4.79 Å². The maximum absolute atomic E-state index is 10.9. The largest absolute Gasteiger partial charge is 0.481 e. The Morgan fingerprint density at radius 2 is 2.12 bits per heavy atom. The van der Waals surface area contributed by atoms with Crippen LogP contribution in [-0.4, -0.2) is 11.1 Å². The lowest BCUT2D eigenvalue weighted by molar-refractivity contribution is -0.138. The Morgan fingerprint density at radius 3 is 2.82 bits per heavy atom. The topological polar surface area (TPSA) is 37.3 Å². The van der Waals surface area contributed by atoms with Crippen molar-refractivity contribution >= 4 is 21.9 Å². The smallest absolute Gasteiger partial charge is 0.303 e. The SMILES string of the molecule is O=C(O)CC1CCCCC1c1cccc(Br)c1. The van der Waals surface area contributed by atoms with Crippen molar-refractivity contribution in [2.75, 3.05) is 0 Å².